The lowest BCUT2D eigenvalue weighted by Crippen LogP contribution is -2.50. The van der Waals surface area contributed by atoms with Crippen molar-refractivity contribution in [1.29, 1.82) is 0 Å². The van der Waals surface area contributed by atoms with Crippen molar-refractivity contribution in [1.82, 2.24) is 10.2 Å². The smallest absolute Gasteiger partial charge is 0.243 e. The maximum absolute atomic E-state index is 13.2. The van der Waals surface area contributed by atoms with Crippen molar-refractivity contribution in [2.45, 2.75) is 65.6 Å². The van der Waals surface area contributed by atoms with Crippen molar-refractivity contribution in [2.75, 3.05) is 0 Å². The quantitative estimate of drug-likeness (QED) is 0.633. The van der Waals surface area contributed by atoms with Gasteiger partial charge in [-0.1, -0.05) is 66.6 Å². The number of halogens is 1. The molecule has 0 saturated carbocycles. The molecule has 0 unspecified atom stereocenters. The monoisotopic (exact) mass is 414 g/mol. The Morgan fingerprint density at radius 1 is 1.07 bits per heavy atom. The molecule has 4 nitrogen and oxygen atoms in total. The van der Waals surface area contributed by atoms with E-state index < -0.39 is 6.04 Å². The topological polar surface area (TPSA) is 49.4 Å². The highest BCUT2D eigenvalue weighted by atomic mass is 35.5. The van der Waals surface area contributed by atoms with E-state index in [4.69, 9.17) is 11.6 Å². The van der Waals surface area contributed by atoms with E-state index in [1.165, 1.54) is 0 Å². The van der Waals surface area contributed by atoms with Crippen LogP contribution in [0, 0.1) is 6.92 Å². The third-order valence-electron chi connectivity index (χ3n) is 4.86. The zero-order chi connectivity index (χ0) is 21.4. The molecule has 0 radical (unpaired) electrons. The Balaban J connectivity index is 2.21. The Labute approximate surface area is 179 Å². The van der Waals surface area contributed by atoms with Crippen molar-refractivity contribution in [3.05, 3.63) is 70.2 Å². The molecule has 2 aromatic carbocycles. The van der Waals surface area contributed by atoms with Crippen LogP contribution in [0.5, 0.6) is 0 Å². The predicted molar refractivity (Wildman–Crippen MR) is 119 cm³/mol. The van der Waals surface area contributed by atoms with Gasteiger partial charge in [0.05, 0.1) is 0 Å². The average molecular weight is 415 g/mol. The summed E-state index contributed by atoms with van der Waals surface area (Å²) in [7, 11) is 0. The van der Waals surface area contributed by atoms with Gasteiger partial charge in [0.15, 0.2) is 0 Å². The van der Waals surface area contributed by atoms with Gasteiger partial charge in [0.2, 0.25) is 11.8 Å². The average Bonchev–Trinajstić information content (AvgIpc) is 2.68. The van der Waals surface area contributed by atoms with Crippen LogP contribution < -0.4 is 5.32 Å². The van der Waals surface area contributed by atoms with Gasteiger partial charge >= 0.3 is 0 Å². The molecule has 0 aliphatic rings. The molecule has 2 amide bonds. The molecule has 0 saturated heterocycles. The molecule has 0 aliphatic heterocycles. The van der Waals surface area contributed by atoms with Crippen LogP contribution in [0.3, 0.4) is 0 Å². The van der Waals surface area contributed by atoms with E-state index in [1.54, 1.807) is 4.90 Å². The molecule has 1 N–H and O–H groups in total. The van der Waals surface area contributed by atoms with E-state index in [1.807, 2.05) is 76.2 Å². The summed E-state index contributed by atoms with van der Waals surface area (Å²) in [6.45, 7) is 8.23. The molecule has 2 aromatic rings. The van der Waals surface area contributed by atoms with Gasteiger partial charge in [-0.05, 0) is 50.8 Å². The highest BCUT2D eigenvalue weighted by Crippen LogP contribution is 2.19. The van der Waals surface area contributed by atoms with Crippen LogP contribution in [-0.2, 0) is 22.6 Å². The minimum Gasteiger partial charge on any atom is -0.352 e. The lowest BCUT2D eigenvalue weighted by molar-refractivity contribution is -0.141. The second kappa shape index (κ2) is 11.0. The standard InChI is InChI=1S/C24H31ClN2O2/c1-5-22(24(29)26-17(2)3)27(16-19-12-10-18(4)11-13-19)23(28)15-14-20-8-6-7-9-21(20)25/h6-13,17,22H,5,14-16H2,1-4H3,(H,26,29)/t22-/m1/s1. The minimum absolute atomic E-state index is 0.0241. The molecule has 0 aliphatic carbocycles. The maximum Gasteiger partial charge on any atom is 0.243 e. The molecule has 29 heavy (non-hydrogen) atoms. The fourth-order valence-electron chi connectivity index (χ4n) is 3.28. The Morgan fingerprint density at radius 3 is 2.31 bits per heavy atom. The number of benzene rings is 2. The zero-order valence-electron chi connectivity index (χ0n) is 17.7. The third-order valence-corrected chi connectivity index (χ3v) is 5.23. The molecular weight excluding hydrogens is 384 g/mol. The first-order valence-corrected chi connectivity index (χ1v) is 10.6. The van der Waals surface area contributed by atoms with Gasteiger partial charge < -0.3 is 10.2 Å². The SMILES string of the molecule is CC[C@H](C(=O)NC(C)C)N(Cc1ccc(C)cc1)C(=O)CCc1ccccc1Cl. The summed E-state index contributed by atoms with van der Waals surface area (Å²) in [4.78, 5) is 27.7. The predicted octanol–water partition coefficient (Wildman–Crippen LogP) is 4.91. The molecule has 1 atom stereocenters. The molecule has 156 valence electrons. The van der Waals surface area contributed by atoms with Crippen molar-refractivity contribution < 1.29 is 9.59 Å². The van der Waals surface area contributed by atoms with Crippen LogP contribution in [0.25, 0.3) is 0 Å². The summed E-state index contributed by atoms with van der Waals surface area (Å²) in [5, 5.41) is 3.61. The van der Waals surface area contributed by atoms with Crippen LogP contribution in [0.15, 0.2) is 48.5 Å². The third kappa shape index (κ3) is 6.90. The molecule has 0 bridgehead atoms. The minimum atomic E-state index is -0.502. The lowest BCUT2D eigenvalue weighted by Gasteiger charge is -2.31. The second-order valence-corrected chi connectivity index (χ2v) is 8.09. The van der Waals surface area contributed by atoms with Crippen molar-refractivity contribution in [2.24, 2.45) is 0 Å². The molecule has 5 heteroatoms. The van der Waals surface area contributed by atoms with Gasteiger partial charge in [0.25, 0.3) is 0 Å². The normalized spacial score (nSPS) is 11.9. The van der Waals surface area contributed by atoms with Crippen molar-refractivity contribution in [3.63, 3.8) is 0 Å². The van der Waals surface area contributed by atoms with Crippen molar-refractivity contribution >= 4 is 23.4 Å². The van der Waals surface area contributed by atoms with E-state index >= 15 is 0 Å². The number of nitrogens with zero attached hydrogens (tertiary/aromatic N) is 1. The first kappa shape index (κ1) is 23.0. The number of hydrogen-bond acceptors (Lipinski definition) is 2. The van der Waals surface area contributed by atoms with Gasteiger partial charge in [-0.15, -0.1) is 0 Å². The fraction of sp³-hybridized carbons (Fsp3) is 0.417. The highest BCUT2D eigenvalue weighted by molar-refractivity contribution is 6.31. The highest BCUT2D eigenvalue weighted by Gasteiger charge is 2.28. The summed E-state index contributed by atoms with van der Waals surface area (Å²) >= 11 is 6.24. The Hall–Kier alpha value is -2.33. The molecule has 0 spiro atoms. The molecule has 2 rings (SSSR count). The van der Waals surface area contributed by atoms with E-state index in [0.717, 1.165) is 16.7 Å². The number of amides is 2. The van der Waals surface area contributed by atoms with Gasteiger partial charge in [0, 0.05) is 24.0 Å². The Bertz CT molecular complexity index is 818. The van der Waals surface area contributed by atoms with Crippen molar-refractivity contribution in [3.8, 4) is 0 Å². The summed E-state index contributed by atoms with van der Waals surface area (Å²) < 4.78 is 0. The molecule has 0 aromatic heterocycles. The van der Waals surface area contributed by atoms with Gasteiger partial charge in [-0.2, -0.15) is 0 Å². The Morgan fingerprint density at radius 2 is 1.72 bits per heavy atom. The van der Waals surface area contributed by atoms with Crippen LogP contribution in [0.4, 0.5) is 0 Å². The first-order chi connectivity index (χ1) is 13.8. The maximum atomic E-state index is 13.2. The number of carbonyl (C=O) groups excluding carboxylic acids is 2. The molecule has 0 fully saturated rings. The molecule has 0 heterocycles. The van der Waals surface area contributed by atoms with E-state index in [9.17, 15) is 9.59 Å². The number of aryl methyl sites for hydroxylation is 2. The van der Waals surface area contributed by atoms with Crippen LogP contribution in [0.1, 0.15) is 50.3 Å². The number of nitrogens with one attached hydrogen (secondary N) is 1. The number of carbonyl (C=O) groups is 2. The summed E-state index contributed by atoms with van der Waals surface area (Å²) in [6.07, 6.45) is 1.41. The first-order valence-electron chi connectivity index (χ1n) is 10.2. The van der Waals surface area contributed by atoms with E-state index in [0.29, 0.717) is 30.8 Å². The lowest BCUT2D eigenvalue weighted by atomic mass is 10.1. The second-order valence-electron chi connectivity index (χ2n) is 7.69. The Kier molecular flexibility index (Phi) is 8.71. The van der Waals surface area contributed by atoms with Crippen LogP contribution in [0.2, 0.25) is 5.02 Å². The molecular formula is C24H31ClN2O2. The summed E-state index contributed by atoms with van der Waals surface area (Å²) in [6, 6.07) is 15.1. The van der Waals surface area contributed by atoms with E-state index in [2.05, 4.69) is 5.32 Å². The van der Waals surface area contributed by atoms with Crippen LogP contribution in [-0.4, -0.2) is 28.8 Å². The number of hydrogen-bond donors (Lipinski definition) is 1. The van der Waals surface area contributed by atoms with E-state index in [-0.39, 0.29) is 17.9 Å². The number of rotatable bonds is 9. The van der Waals surface area contributed by atoms with Gasteiger partial charge in [-0.3, -0.25) is 9.59 Å². The van der Waals surface area contributed by atoms with Gasteiger partial charge in [-0.25, -0.2) is 0 Å². The largest absolute Gasteiger partial charge is 0.352 e. The summed E-state index contributed by atoms with van der Waals surface area (Å²) in [5.74, 6) is -0.156. The summed E-state index contributed by atoms with van der Waals surface area (Å²) in [5.41, 5.74) is 3.12. The van der Waals surface area contributed by atoms with Gasteiger partial charge in [0.1, 0.15) is 6.04 Å². The zero-order valence-corrected chi connectivity index (χ0v) is 18.5. The fourth-order valence-corrected chi connectivity index (χ4v) is 3.51. The van der Waals surface area contributed by atoms with Crippen LogP contribution >= 0.6 is 11.6 Å².